The van der Waals surface area contributed by atoms with Crippen LogP contribution in [-0.4, -0.2) is 30.8 Å². The SMILES string of the molecule is CCN(CC)CC(C=O)(c1ccccc1)c1ccccc1. The van der Waals surface area contributed by atoms with Gasteiger partial charge in [0.15, 0.2) is 0 Å². The largest absolute Gasteiger partial charge is 0.302 e. The fourth-order valence-electron chi connectivity index (χ4n) is 2.79. The van der Waals surface area contributed by atoms with Gasteiger partial charge in [-0.1, -0.05) is 74.5 Å². The maximum atomic E-state index is 12.2. The van der Waals surface area contributed by atoms with Gasteiger partial charge in [-0.05, 0) is 24.2 Å². The van der Waals surface area contributed by atoms with Crippen molar-refractivity contribution in [1.29, 1.82) is 0 Å². The van der Waals surface area contributed by atoms with Crippen LogP contribution in [-0.2, 0) is 10.2 Å². The minimum absolute atomic E-state index is 0.603. The zero-order valence-electron chi connectivity index (χ0n) is 12.8. The third-order valence-electron chi connectivity index (χ3n) is 4.15. The first kappa shape index (κ1) is 15.5. The van der Waals surface area contributed by atoms with Crippen LogP contribution in [0.25, 0.3) is 0 Å². The Balaban J connectivity index is 2.54. The van der Waals surface area contributed by atoms with Gasteiger partial charge in [-0.3, -0.25) is 0 Å². The maximum absolute atomic E-state index is 12.2. The second-order valence-corrected chi connectivity index (χ2v) is 5.28. The van der Waals surface area contributed by atoms with Crippen molar-refractivity contribution in [3.63, 3.8) is 0 Å². The Morgan fingerprint density at radius 3 is 1.62 bits per heavy atom. The lowest BCUT2D eigenvalue weighted by atomic mass is 9.75. The summed E-state index contributed by atoms with van der Waals surface area (Å²) in [4.78, 5) is 14.5. The van der Waals surface area contributed by atoms with E-state index in [1.165, 1.54) is 0 Å². The maximum Gasteiger partial charge on any atom is 0.136 e. The highest BCUT2D eigenvalue weighted by Crippen LogP contribution is 2.31. The number of benzene rings is 2. The molecule has 0 heterocycles. The van der Waals surface area contributed by atoms with Gasteiger partial charge in [0.1, 0.15) is 6.29 Å². The van der Waals surface area contributed by atoms with Crippen molar-refractivity contribution in [2.24, 2.45) is 0 Å². The third-order valence-corrected chi connectivity index (χ3v) is 4.15. The molecule has 21 heavy (non-hydrogen) atoms. The molecule has 0 N–H and O–H groups in total. The summed E-state index contributed by atoms with van der Waals surface area (Å²) in [5.74, 6) is 0. The van der Waals surface area contributed by atoms with Crippen molar-refractivity contribution in [3.05, 3.63) is 71.8 Å². The summed E-state index contributed by atoms with van der Waals surface area (Å²) < 4.78 is 0. The van der Waals surface area contributed by atoms with E-state index in [0.717, 1.165) is 30.5 Å². The van der Waals surface area contributed by atoms with Crippen LogP contribution in [0, 0.1) is 0 Å². The van der Waals surface area contributed by atoms with E-state index in [1.807, 2.05) is 60.7 Å². The Hall–Kier alpha value is -1.93. The van der Waals surface area contributed by atoms with Gasteiger partial charge < -0.3 is 9.69 Å². The van der Waals surface area contributed by atoms with Crippen LogP contribution in [0.2, 0.25) is 0 Å². The minimum Gasteiger partial charge on any atom is -0.302 e. The minimum atomic E-state index is -0.603. The molecule has 2 heteroatoms. The van der Waals surface area contributed by atoms with E-state index in [1.54, 1.807) is 0 Å². The van der Waals surface area contributed by atoms with Crippen LogP contribution >= 0.6 is 0 Å². The zero-order valence-corrected chi connectivity index (χ0v) is 12.8. The highest BCUT2D eigenvalue weighted by Gasteiger charge is 2.35. The van der Waals surface area contributed by atoms with Crippen molar-refractivity contribution >= 4 is 6.29 Å². The van der Waals surface area contributed by atoms with Gasteiger partial charge in [-0.2, -0.15) is 0 Å². The second kappa shape index (κ2) is 7.19. The van der Waals surface area contributed by atoms with Crippen molar-refractivity contribution < 1.29 is 4.79 Å². The predicted molar refractivity (Wildman–Crippen MR) is 87.5 cm³/mol. The van der Waals surface area contributed by atoms with Gasteiger partial charge in [0, 0.05) is 6.54 Å². The molecule has 0 radical (unpaired) electrons. The summed E-state index contributed by atoms with van der Waals surface area (Å²) in [6.45, 7) is 6.85. The number of rotatable bonds is 7. The molecule has 0 aliphatic rings. The molecule has 0 amide bonds. The van der Waals surface area contributed by atoms with Gasteiger partial charge in [0.05, 0.1) is 5.41 Å². The number of aldehydes is 1. The average molecular weight is 281 g/mol. The Labute approximate surface area is 127 Å². The number of hydrogen-bond acceptors (Lipinski definition) is 2. The monoisotopic (exact) mass is 281 g/mol. The second-order valence-electron chi connectivity index (χ2n) is 5.28. The van der Waals surface area contributed by atoms with E-state index in [0.29, 0.717) is 6.54 Å². The van der Waals surface area contributed by atoms with Gasteiger partial charge >= 0.3 is 0 Å². The van der Waals surface area contributed by atoms with Crippen molar-refractivity contribution in [1.82, 2.24) is 4.90 Å². The van der Waals surface area contributed by atoms with Crippen molar-refractivity contribution in [2.75, 3.05) is 19.6 Å². The number of nitrogens with zero attached hydrogens (tertiary/aromatic N) is 1. The molecule has 0 fully saturated rings. The Morgan fingerprint density at radius 1 is 0.857 bits per heavy atom. The van der Waals surface area contributed by atoms with Crippen LogP contribution in [0.1, 0.15) is 25.0 Å². The number of carbonyl (C=O) groups is 1. The molecule has 0 unspecified atom stereocenters. The smallest absolute Gasteiger partial charge is 0.136 e. The summed E-state index contributed by atoms with van der Waals surface area (Å²) in [6, 6.07) is 20.2. The molecule has 0 saturated carbocycles. The quantitative estimate of drug-likeness (QED) is 0.724. The topological polar surface area (TPSA) is 20.3 Å². The number of hydrogen-bond donors (Lipinski definition) is 0. The first-order valence-electron chi connectivity index (χ1n) is 7.56. The molecule has 2 aromatic rings. The summed E-state index contributed by atoms with van der Waals surface area (Å²) in [5.41, 5.74) is 1.50. The number of carbonyl (C=O) groups excluding carboxylic acids is 1. The molecule has 0 aliphatic heterocycles. The zero-order chi connectivity index (χ0) is 15.1. The van der Waals surface area contributed by atoms with Crippen LogP contribution in [0.15, 0.2) is 60.7 Å². The summed E-state index contributed by atoms with van der Waals surface area (Å²) in [5, 5.41) is 0. The first-order chi connectivity index (χ1) is 10.3. The lowest BCUT2D eigenvalue weighted by Crippen LogP contribution is -2.43. The predicted octanol–water partition coefficient (Wildman–Crippen LogP) is 3.51. The van der Waals surface area contributed by atoms with Crippen molar-refractivity contribution in [3.8, 4) is 0 Å². The molecule has 2 nitrogen and oxygen atoms in total. The van der Waals surface area contributed by atoms with Crippen LogP contribution in [0.5, 0.6) is 0 Å². The van der Waals surface area contributed by atoms with E-state index in [-0.39, 0.29) is 0 Å². The highest BCUT2D eigenvalue weighted by molar-refractivity contribution is 5.75. The van der Waals surface area contributed by atoms with E-state index < -0.39 is 5.41 Å². The highest BCUT2D eigenvalue weighted by atomic mass is 16.1. The molecule has 110 valence electrons. The Kier molecular flexibility index (Phi) is 5.29. The van der Waals surface area contributed by atoms with Crippen molar-refractivity contribution in [2.45, 2.75) is 19.3 Å². The third kappa shape index (κ3) is 3.22. The summed E-state index contributed by atoms with van der Waals surface area (Å²) in [6.07, 6.45) is 1.11. The normalized spacial score (nSPS) is 11.6. The van der Waals surface area contributed by atoms with Crippen LogP contribution in [0.4, 0.5) is 0 Å². The van der Waals surface area contributed by atoms with Gasteiger partial charge in [0.25, 0.3) is 0 Å². The average Bonchev–Trinajstić information content (AvgIpc) is 2.58. The summed E-state index contributed by atoms with van der Waals surface area (Å²) in [7, 11) is 0. The van der Waals surface area contributed by atoms with Crippen LogP contribution < -0.4 is 0 Å². The van der Waals surface area contributed by atoms with E-state index in [4.69, 9.17) is 0 Å². The molecule has 0 bridgehead atoms. The summed E-state index contributed by atoms with van der Waals surface area (Å²) >= 11 is 0. The van der Waals surface area contributed by atoms with E-state index in [9.17, 15) is 4.79 Å². The molecular formula is C19H23NO. The molecule has 0 aromatic heterocycles. The molecule has 0 aliphatic carbocycles. The fraction of sp³-hybridized carbons (Fsp3) is 0.316. The molecule has 2 rings (SSSR count). The lowest BCUT2D eigenvalue weighted by Gasteiger charge is -2.34. The lowest BCUT2D eigenvalue weighted by molar-refractivity contribution is -0.112. The molecular weight excluding hydrogens is 258 g/mol. The first-order valence-corrected chi connectivity index (χ1v) is 7.56. The fourth-order valence-corrected chi connectivity index (χ4v) is 2.79. The molecule has 0 atom stereocenters. The molecule has 0 saturated heterocycles. The number of likely N-dealkylation sites (N-methyl/N-ethyl adjacent to an activating group) is 1. The van der Waals surface area contributed by atoms with Gasteiger partial charge in [-0.15, -0.1) is 0 Å². The molecule has 0 spiro atoms. The van der Waals surface area contributed by atoms with E-state index in [2.05, 4.69) is 18.7 Å². The Morgan fingerprint density at radius 2 is 1.29 bits per heavy atom. The van der Waals surface area contributed by atoms with Gasteiger partial charge in [-0.25, -0.2) is 0 Å². The molecule has 2 aromatic carbocycles. The Bertz CT molecular complexity index is 507. The van der Waals surface area contributed by atoms with Crippen LogP contribution in [0.3, 0.4) is 0 Å². The van der Waals surface area contributed by atoms with Gasteiger partial charge in [0.2, 0.25) is 0 Å². The standard InChI is InChI=1S/C19H23NO/c1-3-20(4-2)15-19(16-21,17-11-7-5-8-12-17)18-13-9-6-10-14-18/h5-14,16H,3-4,15H2,1-2H3. The van der Waals surface area contributed by atoms with E-state index >= 15 is 0 Å².